The Hall–Kier alpha value is -1.32. The number of hydrogen-bond donors (Lipinski definition) is 1. The van der Waals surface area contributed by atoms with E-state index in [1.807, 2.05) is 0 Å². The highest BCUT2D eigenvalue weighted by Crippen LogP contribution is 2.34. The molecule has 4 heteroatoms. The molecule has 0 spiro atoms. The molecule has 88 valence electrons. The highest BCUT2D eigenvalue weighted by atomic mass is 16.1. The van der Waals surface area contributed by atoms with Crippen molar-refractivity contribution in [2.75, 3.05) is 5.32 Å². The molecule has 0 bridgehead atoms. The molecule has 1 fully saturated rings. The van der Waals surface area contributed by atoms with Gasteiger partial charge in [-0.3, -0.25) is 4.79 Å². The van der Waals surface area contributed by atoms with Crippen LogP contribution in [0.3, 0.4) is 0 Å². The average Bonchev–Trinajstić information content (AvgIpc) is 3.07. The van der Waals surface area contributed by atoms with Crippen LogP contribution in [0.1, 0.15) is 32.6 Å². The minimum Gasteiger partial charge on any atom is -0.363 e. The van der Waals surface area contributed by atoms with Gasteiger partial charge in [-0.05, 0) is 18.8 Å². The molecule has 0 saturated heterocycles. The molecule has 0 radical (unpaired) electrons. The maximum atomic E-state index is 11.8. The van der Waals surface area contributed by atoms with Crippen LogP contribution in [0.4, 0.5) is 5.82 Å². The topological polar surface area (TPSA) is 46.9 Å². The van der Waals surface area contributed by atoms with E-state index in [0.29, 0.717) is 11.9 Å². The van der Waals surface area contributed by atoms with Crippen LogP contribution in [0.5, 0.6) is 0 Å². The fourth-order valence-electron chi connectivity index (χ4n) is 1.87. The molecular weight excluding hydrogens is 202 g/mol. The zero-order chi connectivity index (χ0) is 11.5. The standard InChI is InChI=1S/C12H19N3O/c1-3-10(8-9-4-5-9)14-11-12(16)15(2)7-6-13-11/h6-7,9-10H,3-5,8H2,1-2H3,(H,13,14). The lowest BCUT2D eigenvalue weighted by atomic mass is 10.1. The van der Waals surface area contributed by atoms with Gasteiger partial charge in [-0.1, -0.05) is 19.8 Å². The number of aromatic nitrogens is 2. The van der Waals surface area contributed by atoms with Crippen molar-refractivity contribution in [1.29, 1.82) is 0 Å². The SMILES string of the molecule is CCC(CC1CC1)Nc1nccn(C)c1=O. The van der Waals surface area contributed by atoms with Crippen LogP contribution in [0.15, 0.2) is 17.2 Å². The second-order valence-corrected chi connectivity index (χ2v) is 4.62. The Bertz CT molecular complexity index is 409. The van der Waals surface area contributed by atoms with Crippen LogP contribution in [0.25, 0.3) is 0 Å². The molecule has 16 heavy (non-hydrogen) atoms. The van der Waals surface area contributed by atoms with E-state index in [9.17, 15) is 4.79 Å². The molecule has 0 amide bonds. The molecule has 1 heterocycles. The molecule has 1 saturated carbocycles. The van der Waals surface area contributed by atoms with Crippen molar-refractivity contribution in [2.45, 2.75) is 38.6 Å². The van der Waals surface area contributed by atoms with Crippen molar-refractivity contribution in [3.05, 3.63) is 22.7 Å². The second kappa shape index (κ2) is 4.68. The van der Waals surface area contributed by atoms with Crippen LogP contribution in [0, 0.1) is 5.92 Å². The summed E-state index contributed by atoms with van der Waals surface area (Å²) in [7, 11) is 1.75. The van der Waals surface area contributed by atoms with E-state index in [-0.39, 0.29) is 5.56 Å². The van der Waals surface area contributed by atoms with E-state index in [2.05, 4.69) is 17.2 Å². The van der Waals surface area contributed by atoms with Crippen LogP contribution in [0.2, 0.25) is 0 Å². The third kappa shape index (κ3) is 2.62. The fourth-order valence-corrected chi connectivity index (χ4v) is 1.87. The molecule has 1 aliphatic carbocycles. The summed E-state index contributed by atoms with van der Waals surface area (Å²) < 4.78 is 1.55. The van der Waals surface area contributed by atoms with E-state index in [1.165, 1.54) is 12.8 Å². The average molecular weight is 221 g/mol. The lowest BCUT2D eigenvalue weighted by Gasteiger charge is -2.16. The number of rotatable bonds is 5. The molecular formula is C12H19N3O. The van der Waals surface area contributed by atoms with Crippen molar-refractivity contribution in [3.8, 4) is 0 Å². The molecule has 1 N–H and O–H groups in total. The van der Waals surface area contributed by atoms with Crippen LogP contribution >= 0.6 is 0 Å². The van der Waals surface area contributed by atoms with Gasteiger partial charge in [0.25, 0.3) is 5.56 Å². The van der Waals surface area contributed by atoms with Gasteiger partial charge in [-0.2, -0.15) is 0 Å². The monoisotopic (exact) mass is 221 g/mol. The number of aryl methyl sites for hydroxylation is 1. The molecule has 1 atom stereocenters. The number of nitrogens with zero attached hydrogens (tertiary/aromatic N) is 2. The summed E-state index contributed by atoms with van der Waals surface area (Å²) in [5, 5.41) is 3.26. The Morgan fingerprint density at radius 3 is 3.00 bits per heavy atom. The quantitative estimate of drug-likeness (QED) is 0.824. The van der Waals surface area contributed by atoms with Crippen molar-refractivity contribution in [3.63, 3.8) is 0 Å². The third-order valence-electron chi connectivity index (χ3n) is 3.17. The molecule has 0 aromatic carbocycles. The summed E-state index contributed by atoms with van der Waals surface area (Å²) in [6.07, 6.45) is 8.23. The maximum absolute atomic E-state index is 11.8. The van der Waals surface area contributed by atoms with Crippen molar-refractivity contribution in [2.24, 2.45) is 13.0 Å². The first kappa shape index (κ1) is 11.2. The van der Waals surface area contributed by atoms with E-state index in [0.717, 1.165) is 18.8 Å². The van der Waals surface area contributed by atoms with E-state index in [4.69, 9.17) is 0 Å². The molecule has 4 nitrogen and oxygen atoms in total. The predicted octanol–water partition coefficient (Wildman–Crippen LogP) is 1.77. The Balaban J connectivity index is 2.05. The lowest BCUT2D eigenvalue weighted by molar-refractivity contribution is 0.583. The minimum absolute atomic E-state index is 0.0447. The Morgan fingerprint density at radius 2 is 2.38 bits per heavy atom. The van der Waals surface area contributed by atoms with Gasteiger partial charge in [0.1, 0.15) is 0 Å². The highest BCUT2D eigenvalue weighted by Gasteiger charge is 2.25. The Labute approximate surface area is 95.7 Å². The molecule has 1 unspecified atom stereocenters. The Morgan fingerprint density at radius 1 is 1.62 bits per heavy atom. The molecule has 1 aliphatic rings. The predicted molar refractivity (Wildman–Crippen MR) is 64.5 cm³/mol. The van der Waals surface area contributed by atoms with Gasteiger partial charge in [0.2, 0.25) is 0 Å². The first-order chi connectivity index (χ1) is 7.70. The van der Waals surface area contributed by atoms with Crippen molar-refractivity contribution in [1.82, 2.24) is 9.55 Å². The van der Waals surface area contributed by atoms with Crippen molar-refractivity contribution < 1.29 is 0 Å². The number of nitrogens with one attached hydrogen (secondary N) is 1. The summed E-state index contributed by atoms with van der Waals surface area (Å²) in [6, 6.07) is 0.384. The van der Waals surface area contributed by atoms with Gasteiger partial charge in [0, 0.05) is 25.5 Å². The molecule has 1 aromatic heterocycles. The van der Waals surface area contributed by atoms with E-state index < -0.39 is 0 Å². The fraction of sp³-hybridized carbons (Fsp3) is 0.667. The maximum Gasteiger partial charge on any atom is 0.293 e. The first-order valence-corrected chi connectivity index (χ1v) is 5.99. The molecule has 2 rings (SSSR count). The van der Waals surface area contributed by atoms with Gasteiger partial charge in [-0.25, -0.2) is 4.98 Å². The number of anilines is 1. The first-order valence-electron chi connectivity index (χ1n) is 5.99. The van der Waals surface area contributed by atoms with Crippen LogP contribution in [-0.4, -0.2) is 15.6 Å². The highest BCUT2D eigenvalue weighted by molar-refractivity contribution is 5.32. The largest absolute Gasteiger partial charge is 0.363 e. The summed E-state index contributed by atoms with van der Waals surface area (Å²) in [4.78, 5) is 15.9. The van der Waals surface area contributed by atoms with Crippen molar-refractivity contribution >= 4 is 5.82 Å². The summed E-state index contributed by atoms with van der Waals surface area (Å²) >= 11 is 0. The van der Waals surface area contributed by atoms with E-state index >= 15 is 0 Å². The molecule has 1 aromatic rings. The van der Waals surface area contributed by atoms with E-state index in [1.54, 1.807) is 24.0 Å². The van der Waals surface area contributed by atoms with Gasteiger partial charge in [0.05, 0.1) is 0 Å². The molecule has 0 aliphatic heterocycles. The van der Waals surface area contributed by atoms with Gasteiger partial charge in [0.15, 0.2) is 5.82 Å². The lowest BCUT2D eigenvalue weighted by Crippen LogP contribution is -2.28. The minimum atomic E-state index is -0.0447. The Kier molecular flexibility index (Phi) is 3.27. The summed E-state index contributed by atoms with van der Waals surface area (Å²) in [5.74, 6) is 1.35. The summed E-state index contributed by atoms with van der Waals surface area (Å²) in [5.41, 5.74) is -0.0447. The van der Waals surface area contributed by atoms with Crippen LogP contribution in [-0.2, 0) is 7.05 Å². The van der Waals surface area contributed by atoms with Gasteiger partial charge in [-0.15, -0.1) is 0 Å². The zero-order valence-electron chi connectivity index (χ0n) is 9.94. The zero-order valence-corrected chi connectivity index (χ0v) is 9.94. The summed E-state index contributed by atoms with van der Waals surface area (Å²) in [6.45, 7) is 2.15. The second-order valence-electron chi connectivity index (χ2n) is 4.62. The number of hydrogen-bond acceptors (Lipinski definition) is 3. The van der Waals surface area contributed by atoms with Crippen LogP contribution < -0.4 is 10.9 Å². The van der Waals surface area contributed by atoms with Gasteiger partial charge < -0.3 is 9.88 Å². The third-order valence-corrected chi connectivity index (χ3v) is 3.17. The van der Waals surface area contributed by atoms with Gasteiger partial charge >= 0.3 is 0 Å². The smallest absolute Gasteiger partial charge is 0.293 e. The normalized spacial score (nSPS) is 17.1.